The summed E-state index contributed by atoms with van der Waals surface area (Å²) in [4.78, 5) is 51.3. The van der Waals surface area contributed by atoms with Gasteiger partial charge in [-0.2, -0.15) is 0 Å². The molecule has 0 bridgehead atoms. The number of rotatable bonds is 8. The Morgan fingerprint density at radius 1 is 1.25 bits per heavy atom. The first-order chi connectivity index (χ1) is 15.5. The van der Waals surface area contributed by atoms with Crippen molar-refractivity contribution in [3.63, 3.8) is 0 Å². The number of likely N-dealkylation sites (tertiary alicyclic amines) is 1. The Labute approximate surface area is 192 Å². The van der Waals surface area contributed by atoms with Gasteiger partial charge in [0.15, 0.2) is 6.61 Å². The number of fused-ring (bicyclic) bond motifs is 1. The Bertz CT molecular complexity index is 877. The topological polar surface area (TPSA) is 105 Å². The molecular weight excluding hydrogens is 434 g/mol. The van der Waals surface area contributed by atoms with Gasteiger partial charge in [0, 0.05) is 24.0 Å². The van der Waals surface area contributed by atoms with E-state index in [-0.39, 0.29) is 48.5 Å². The Morgan fingerprint density at radius 2 is 2.03 bits per heavy atom. The van der Waals surface area contributed by atoms with Crippen molar-refractivity contribution in [2.24, 2.45) is 17.8 Å². The highest BCUT2D eigenvalue weighted by Crippen LogP contribution is 2.42. The summed E-state index contributed by atoms with van der Waals surface area (Å²) in [5.41, 5.74) is 0. The van der Waals surface area contributed by atoms with Crippen molar-refractivity contribution in [2.75, 3.05) is 19.7 Å². The summed E-state index contributed by atoms with van der Waals surface area (Å²) in [6.07, 6.45) is 4.49. The lowest BCUT2D eigenvalue weighted by Gasteiger charge is -2.28. The van der Waals surface area contributed by atoms with Crippen LogP contribution in [0.25, 0.3) is 0 Å². The molecule has 8 nitrogen and oxygen atoms in total. The zero-order chi connectivity index (χ0) is 22.7. The van der Waals surface area contributed by atoms with Crippen LogP contribution < -0.4 is 15.4 Å². The van der Waals surface area contributed by atoms with Gasteiger partial charge in [-0.15, -0.1) is 0 Å². The van der Waals surface area contributed by atoms with Crippen molar-refractivity contribution >= 4 is 35.6 Å². The van der Waals surface area contributed by atoms with Crippen LogP contribution in [0.3, 0.4) is 0 Å². The number of ether oxygens (including phenoxy) is 1. The van der Waals surface area contributed by atoms with E-state index in [4.69, 9.17) is 16.3 Å². The fourth-order valence-corrected chi connectivity index (χ4v) is 5.38. The third-order valence-electron chi connectivity index (χ3n) is 6.85. The van der Waals surface area contributed by atoms with E-state index in [9.17, 15) is 19.2 Å². The molecule has 3 amide bonds. The van der Waals surface area contributed by atoms with E-state index in [1.165, 1.54) is 0 Å². The fraction of sp³-hybridized carbons (Fsp3) is 0.565. The van der Waals surface area contributed by atoms with Gasteiger partial charge in [0.2, 0.25) is 11.8 Å². The van der Waals surface area contributed by atoms with E-state index < -0.39 is 12.1 Å². The molecule has 2 N–H and O–H groups in total. The van der Waals surface area contributed by atoms with Gasteiger partial charge in [0.1, 0.15) is 18.1 Å². The maximum Gasteiger partial charge on any atom is 0.261 e. The maximum atomic E-state index is 13.2. The van der Waals surface area contributed by atoms with E-state index >= 15 is 0 Å². The number of amides is 3. The van der Waals surface area contributed by atoms with Gasteiger partial charge in [-0.3, -0.25) is 14.4 Å². The fourth-order valence-electron chi connectivity index (χ4n) is 5.25. The number of hydrogen-bond donors (Lipinski definition) is 2. The van der Waals surface area contributed by atoms with Gasteiger partial charge < -0.3 is 25.1 Å². The molecule has 172 valence electrons. The van der Waals surface area contributed by atoms with Crippen LogP contribution in [0, 0.1) is 17.8 Å². The van der Waals surface area contributed by atoms with E-state index in [0.717, 1.165) is 19.3 Å². The number of carbonyl (C=O) groups excluding carboxylic acids is 4. The van der Waals surface area contributed by atoms with E-state index in [2.05, 4.69) is 10.6 Å². The molecule has 2 unspecified atom stereocenters. The first-order valence-corrected chi connectivity index (χ1v) is 11.5. The normalized spacial score (nSPS) is 27.5. The van der Waals surface area contributed by atoms with Crippen LogP contribution in [0.1, 0.15) is 32.1 Å². The van der Waals surface area contributed by atoms with E-state index in [1.807, 2.05) is 0 Å². The molecule has 1 aromatic carbocycles. The van der Waals surface area contributed by atoms with Gasteiger partial charge in [-0.1, -0.05) is 18.0 Å². The predicted molar refractivity (Wildman–Crippen MR) is 117 cm³/mol. The number of nitrogens with one attached hydrogen (secondary N) is 2. The summed E-state index contributed by atoms with van der Waals surface area (Å²) in [6.45, 7) is 0.928. The summed E-state index contributed by atoms with van der Waals surface area (Å²) >= 11 is 5.88. The summed E-state index contributed by atoms with van der Waals surface area (Å²) in [5, 5.41) is 6.12. The van der Waals surface area contributed by atoms with Crippen molar-refractivity contribution in [3.05, 3.63) is 29.3 Å². The minimum Gasteiger partial charge on any atom is -0.484 e. The first kappa shape index (κ1) is 22.6. The second-order valence-corrected chi connectivity index (χ2v) is 9.29. The zero-order valence-electron chi connectivity index (χ0n) is 17.8. The molecule has 1 saturated carbocycles. The van der Waals surface area contributed by atoms with Crippen LogP contribution >= 0.6 is 11.6 Å². The molecular formula is C23H28ClN3O5. The third kappa shape index (κ3) is 4.90. The second-order valence-electron chi connectivity index (χ2n) is 8.85. The van der Waals surface area contributed by atoms with Crippen LogP contribution in [0.15, 0.2) is 24.3 Å². The summed E-state index contributed by atoms with van der Waals surface area (Å²) in [7, 11) is 0. The first-order valence-electron chi connectivity index (χ1n) is 11.2. The Hall–Kier alpha value is -2.61. The molecule has 5 atom stereocenters. The lowest BCUT2D eigenvalue weighted by Crippen LogP contribution is -2.52. The molecule has 2 saturated heterocycles. The van der Waals surface area contributed by atoms with Gasteiger partial charge in [0.25, 0.3) is 5.91 Å². The lowest BCUT2D eigenvalue weighted by molar-refractivity contribution is -0.141. The monoisotopic (exact) mass is 461 g/mol. The minimum atomic E-state index is -0.751. The molecule has 3 aliphatic rings. The SMILES string of the molecule is O=C[C@H](C[C@@H]1CCNC1=O)NC(=O)[C@H]1C2CCCC2CN1C(=O)COc1ccc(Cl)cc1. The largest absolute Gasteiger partial charge is 0.484 e. The summed E-state index contributed by atoms with van der Waals surface area (Å²) in [5.74, 6) is -0.0593. The third-order valence-corrected chi connectivity index (χ3v) is 7.10. The van der Waals surface area contributed by atoms with Gasteiger partial charge in [-0.05, 0) is 61.8 Å². The molecule has 3 fully saturated rings. The number of aldehydes is 1. The van der Waals surface area contributed by atoms with Crippen LogP contribution in [0.4, 0.5) is 0 Å². The van der Waals surface area contributed by atoms with Gasteiger partial charge in [0.05, 0.1) is 6.04 Å². The van der Waals surface area contributed by atoms with Gasteiger partial charge in [-0.25, -0.2) is 0 Å². The predicted octanol–water partition coefficient (Wildman–Crippen LogP) is 1.56. The number of hydrogen-bond acceptors (Lipinski definition) is 5. The van der Waals surface area contributed by atoms with Crippen molar-refractivity contribution in [1.29, 1.82) is 0 Å². The van der Waals surface area contributed by atoms with Crippen molar-refractivity contribution in [3.8, 4) is 5.75 Å². The van der Waals surface area contributed by atoms with Crippen LogP contribution in [-0.2, 0) is 19.2 Å². The highest BCUT2D eigenvalue weighted by atomic mass is 35.5. The molecule has 0 spiro atoms. The minimum absolute atomic E-state index is 0.0802. The zero-order valence-corrected chi connectivity index (χ0v) is 18.6. The van der Waals surface area contributed by atoms with E-state index in [1.54, 1.807) is 29.2 Å². The molecule has 9 heteroatoms. The molecule has 32 heavy (non-hydrogen) atoms. The highest BCUT2D eigenvalue weighted by molar-refractivity contribution is 6.30. The molecule has 0 radical (unpaired) electrons. The van der Waals surface area contributed by atoms with E-state index in [0.29, 0.717) is 36.6 Å². The molecule has 2 heterocycles. The van der Waals surface area contributed by atoms with Crippen LogP contribution in [-0.4, -0.2) is 60.7 Å². The standard InChI is InChI=1S/C23H28ClN3O5/c24-16-4-6-18(7-5-16)32-13-20(29)27-11-15-2-1-3-19(15)21(27)23(31)26-17(12-28)10-14-8-9-25-22(14)30/h4-7,12,14-15,17,19,21H,1-3,8-11,13H2,(H,25,30)(H,26,31)/t14-,15?,17-,19?,21+/m0/s1. The number of halogens is 1. The number of nitrogens with zero attached hydrogens (tertiary/aromatic N) is 1. The molecule has 0 aromatic heterocycles. The van der Waals surface area contributed by atoms with Crippen molar-refractivity contribution in [1.82, 2.24) is 15.5 Å². The number of benzene rings is 1. The lowest BCUT2D eigenvalue weighted by atomic mass is 9.92. The van der Waals surface area contributed by atoms with Crippen LogP contribution in [0.2, 0.25) is 5.02 Å². The Morgan fingerprint density at radius 3 is 2.72 bits per heavy atom. The highest BCUT2D eigenvalue weighted by Gasteiger charge is 2.49. The van der Waals surface area contributed by atoms with Crippen molar-refractivity contribution < 1.29 is 23.9 Å². The smallest absolute Gasteiger partial charge is 0.261 e. The molecule has 4 rings (SSSR count). The molecule has 1 aliphatic carbocycles. The van der Waals surface area contributed by atoms with Gasteiger partial charge >= 0.3 is 0 Å². The summed E-state index contributed by atoms with van der Waals surface area (Å²) in [6, 6.07) is 5.37. The molecule has 2 aliphatic heterocycles. The Kier molecular flexibility index (Phi) is 6.98. The quantitative estimate of drug-likeness (QED) is 0.571. The molecule has 1 aromatic rings. The average Bonchev–Trinajstić information content (AvgIpc) is 3.48. The maximum absolute atomic E-state index is 13.2. The van der Waals surface area contributed by atoms with Crippen molar-refractivity contribution in [2.45, 2.75) is 44.2 Å². The second kappa shape index (κ2) is 9.90. The summed E-state index contributed by atoms with van der Waals surface area (Å²) < 4.78 is 5.61. The average molecular weight is 462 g/mol. The number of carbonyl (C=O) groups is 4. The van der Waals surface area contributed by atoms with Crippen LogP contribution in [0.5, 0.6) is 5.75 Å². The Balaban J connectivity index is 1.40.